The van der Waals surface area contributed by atoms with E-state index >= 15 is 0 Å². The maximum atomic E-state index is 5.85. The molecule has 5 nitrogen and oxygen atoms in total. The highest BCUT2D eigenvalue weighted by molar-refractivity contribution is 6.29. The molecule has 1 unspecified atom stereocenters. The number of aromatic nitrogens is 4. The number of nitrogens with one attached hydrogen (secondary N) is 1. The summed E-state index contributed by atoms with van der Waals surface area (Å²) in [4.78, 5) is 3.97. The summed E-state index contributed by atoms with van der Waals surface area (Å²) in [6.45, 7) is 1.04. The molecule has 1 atom stereocenters. The molecule has 3 rings (SSSR count). The molecule has 15 heavy (non-hydrogen) atoms. The van der Waals surface area contributed by atoms with Crippen LogP contribution in [0.15, 0.2) is 12.4 Å². The zero-order chi connectivity index (χ0) is 10.3. The van der Waals surface area contributed by atoms with Gasteiger partial charge < -0.3 is 5.32 Å². The minimum absolute atomic E-state index is 0.290. The molecule has 1 aliphatic heterocycles. The van der Waals surface area contributed by atoms with E-state index in [1.54, 1.807) is 12.4 Å². The van der Waals surface area contributed by atoms with Crippen LogP contribution in [0.5, 0.6) is 0 Å². The second-order valence-corrected chi connectivity index (χ2v) is 4.03. The van der Waals surface area contributed by atoms with E-state index in [1.165, 1.54) is 6.42 Å². The molecule has 1 N–H and O–H groups in total. The Bertz CT molecular complexity index is 488. The number of fused-ring (bicyclic) bond motifs is 1. The molecule has 0 aliphatic carbocycles. The van der Waals surface area contributed by atoms with E-state index in [2.05, 4.69) is 20.5 Å². The number of nitrogens with zero attached hydrogens (tertiary/aromatic N) is 4. The van der Waals surface area contributed by atoms with Crippen LogP contribution in [0.25, 0.3) is 5.65 Å². The predicted octanol–water partition coefficient (Wildman–Crippen LogP) is 1.20. The van der Waals surface area contributed by atoms with Crippen LogP contribution < -0.4 is 5.32 Å². The van der Waals surface area contributed by atoms with E-state index in [0.29, 0.717) is 11.2 Å². The SMILES string of the molecule is Clc1cn2c(C3CCCN3)nnc2cn1. The Morgan fingerprint density at radius 2 is 2.40 bits per heavy atom. The van der Waals surface area contributed by atoms with Crippen LogP contribution in [-0.4, -0.2) is 26.1 Å². The summed E-state index contributed by atoms with van der Waals surface area (Å²) in [5.41, 5.74) is 0.739. The van der Waals surface area contributed by atoms with Crippen molar-refractivity contribution in [2.24, 2.45) is 0 Å². The van der Waals surface area contributed by atoms with Gasteiger partial charge in [0.05, 0.1) is 12.2 Å². The van der Waals surface area contributed by atoms with Gasteiger partial charge in [0.1, 0.15) is 5.15 Å². The van der Waals surface area contributed by atoms with E-state index in [4.69, 9.17) is 11.6 Å². The van der Waals surface area contributed by atoms with Gasteiger partial charge in [-0.2, -0.15) is 0 Å². The van der Waals surface area contributed by atoms with E-state index in [-0.39, 0.29) is 0 Å². The number of hydrogen-bond donors (Lipinski definition) is 1. The third-order valence-corrected chi connectivity index (χ3v) is 2.85. The van der Waals surface area contributed by atoms with Crippen LogP contribution in [0.3, 0.4) is 0 Å². The fraction of sp³-hybridized carbons (Fsp3) is 0.444. The third kappa shape index (κ3) is 1.48. The van der Waals surface area contributed by atoms with Gasteiger partial charge in [0.25, 0.3) is 0 Å². The summed E-state index contributed by atoms with van der Waals surface area (Å²) in [5.74, 6) is 0.923. The maximum absolute atomic E-state index is 5.85. The smallest absolute Gasteiger partial charge is 0.179 e. The molecule has 1 fully saturated rings. The molecule has 2 aromatic heterocycles. The first-order valence-corrected chi connectivity index (χ1v) is 5.32. The average molecular weight is 224 g/mol. The Kier molecular flexibility index (Phi) is 2.07. The van der Waals surface area contributed by atoms with E-state index in [1.807, 2.05) is 4.40 Å². The fourth-order valence-electron chi connectivity index (χ4n) is 1.94. The molecule has 0 bridgehead atoms. The van der Waals surface area contributed by atoms with Crippen LogP contribution >= 0.6 is 11.6 Å². The van der Waals surface area contributed by atoms with Crippen molar-refractivity contribution in [1.29, 1.82) is 0 Å². The Hall–Kier alpha value is -1.20. The zero-order valence-electron chi connectivity index (χ0n) is 8.02. The molecule has 3 heterocycles. The summed E-state index contributed by atoms with van der Waals surface area (Å²) in [5, 5.41) is 12.1. The molecular formula is C9H10ClN5. The van der Waals surface area contributed by atoms with Crippen molar-refractivity contribution in [3.8, 4) is 0 Å². The van der Waals surface area contributed by atoms with Crippen LogP contribution in [0.4, 0.5) is 0 Å². The van der Waals surface area contributed by atoms with Crippen molar-refractivity contribution in [2.75, 3.05) is 6.54 Å². The molecule has 0 spiro atoms. The Morgan fingerprint density at radius 3 is 3.20 bits per heavy atom. The van der Waals surface area contributed by atoms with Gasteiger partial charge in [-0.3, -0.25) is 4.40 Å². The number of halogens is 1. The Morgan fingerprint density at radius 1 is 1.47 bits per heavy atom. The lowest BCUT2D eigenvalue weighted by Gasteiger charge is -2.07. The van der Waals surface area contributed by atoms with Gasteiger partial charge in [0.15, 0.2) is 11.5 Å². The maximum Gasteiger partial charge on any atom is 0.179 e. The first-order valence-electron chi connectivity index (χ1n) is 4.94. The molecule has 2 aromatic rings. The van der Waals surface area contributed by atoms with Crippen molar-refractivity contribution in [2.45, 2.75) is 18.9 Å². The number of hydrogen-bond acceptors (Lipinski definition) is 4. The second kappa shape index (κ2) is 3.43. The molecule has 1 aliphatic rings. The Balaban J connectivity index is 2.13. The van der Waals surface area contributed by atoms with Crippen molar-refractivity contribution < 1.29 is 0 Å². The molecule has 0 aromatic carbocycles. The predicted molar refractivity (Wildman–Crippen MR) is 55.8 cm³/mol. The minimum Gasteiger partial charge on any atom is -0.307 e. The molecule has 0 saturated carbocycles. The number of rotatable bonds is 1. The lowest BCUT2D eigenvalue weighted by atomic mass is 10.2. The van der Waals surface area contributed by atoms with E-state index in [9.17, 15) is 0 Å². The van der Waals surface area contributed by atoms with Crippen molar-refractivity contribution >= 4 is 17.2 Å². The summed E-state index contributed by atoms with van der Waals surface area (Å²) in [7, 11) is 0. The molecular weight excluding hydrogens is 214 g/mol. The normalized spacial score (nSPS) is 21.3. The van der Waals surface area contributed by atoms with Crippen molar-refractivity contribution in [3.05, 3.63) is 23.4 Å². The van der Waals surface area contributed by atoms with Gasteiger partial charge in [-0.15, -0.1) is 10.2 Å². The monoisotopic (exact) mass is 223 g/mol. The van der Waals surface area contributed by atoms with Crippen LogP contribution in [-0.2, 0) is 0 Å². The largest absolute Gasteiger partial charge is 0.307 e. The molecule has 1 saturated heterocycles. The van der Waals surface area contributed by atoms with E-state index in [0.717, 1.165) is 24.4 Å². The summed E-state index contributed by atoms with van der Waals surface area (Å²) in [6, 6.07) is 0.290. The van der Waals surface area contributed by atoms with Gasteiger partial charge in [-0.05, 0) is 19.4 Å². The van der Waals surface area contributed by atoms with Gasteiger partial charge in [0.2, 0.25) is 0 Å². The molecule has 6 heteroatoms. The van der Waals surface area contributed by atoms with Gasteiger partial charge in [0, 0.05) is 6.20 Å². The van der Waals surface area contributed by atoms with Crippen LogP contribution in [0, 0.1) is 0 Å². The third-order valence-electron chi connectivity index (χ3n) is 2.66. The Labute approximate surface area is 91.5 Å². The molecule has 0 amide bonds. The average Bonchev–Trinajstić information content (AvgIpc) is 2.83. The zero-order valence-corrected chi connectivity index (χ0v) is 8.78. The highest BCUT2D eigenvalue weighted by Crippen LogP contribution is 2.22. The summed E-state index contributed by atoms with van der Waals surface area (Å²) in [6.07, 6.45) is 5.67. The van der Waals surface area contributed by atoms with Crippen LogP contribution in [0.1, 0.15) is 24.7 Å². The summed E-state index contributed by atoms with van der Waals surface area (Å²) >= 11 is 5.85. The highest BCUT2D eigenvalue weighted by atomic mass is 35.5. The standard InChI is InChI=1S/C9H10ClN5/c10-7-5-15-8(4-12-7)13-14-9(15)6-2-1-3-11-6/h4-6,11H,1-3H2. The minimum atomic E-state index is 0.290. The van der Waals surface area contributed by atoms with Crippen molar-refractivity contribution in [1.82, 2.24) is 24.9 Å². The lowest BCUT2D eigenvalue weighted by molar-refractivity contribution is 0.598. The topological polar surface area (TPSA) is 55.1 Å². The quantitative estimate of drug-likeness (QED) is 0.790. The molecule has 78 valence electrons. The lowest BCUT2D eigenvalue weighted by Crippen LogP contribution is -2.15. The van der Waals surface area contributed by atoms with Crippen LogP contribution in [0.2, 0.25) is 5.15 Å². The first kappa shape index (κ1) is 9.06. The van der Waals surface area contributed by atoms with Gasteiger partial charge >= 0.3 is 0 Å². The first-order chi connectivity index (χ1) is 7.34. The van der Waals surface area contributed by atoms with E-state index < -0.39 is 0 Å². The second-order valence-electron chi connectivity index (χ2n) is 3.65. The fourth-order valence-corrected chi connectivity index (χ4v) is 2.08. The highest BCUT2D eigenvalue weighted by Gasteiger charge is 2.21. The van der Waals surface area contributed by atoms with Gasteiger partial charge in [-0.1, -0.05) is 11.6 Å². The van der Waals surface area contributed by atoms with Crippen molar-refractivity contribution in [3.63, 3.8) is 0 Å². The molecule has 0 radical (unpaired) electrons. The van der Waals surface area contributed by atoms with Gasteiger partial charge in [-0.25, -0.2) is 4.98 Å². The summed E-state index contributed by atoms with van der Waals surface area (Å²) < 4.78 is 1.90.